The Morgan fingerprint density at radius 3 is 3.08 bits per heavy atom. The van der Waals surface area contributed by atoms with Gasteiger partial charge in [-0.15, -0.1) is 0 Å². The van der Waals surface area contributed by atoms with Gasteiger partial charge in [0.25, 0.3) is 0 Å². The summed E-state index contributed by atoms with van der Waals surface area (Å²) >= 11 is 0. The fraction of sp³-hybridized carbons (Fsp3) is 0.250. The maximum Gasteiger partial charge on any atom is 0.338 e. The molecule has 2 aromatic rings. The molecular weight excluding hydrogens is 310 g/mol. The minimum absolute atomic E-state index is 0.128. The maximum atomic E-state index is 12.6. The van der Waals surface area contributed by atoms with Crippen LogP contribution in [0.1, 0.15) is 18.5 Å². The first kappa shape index (κ1) is 15.7. The fourth-order valence-electron chi connectivity index (χ4n) is 2.61. The Labute approximate surface area is 138 Å². The van der Waals surface area contributed by atoms with Gasteiger partial charge >= 0.3 is 5.97 Å². The first-order valence-electron chi connectivity index (χ1n) is 7.33. The smallest absolute Gasteiger partial charge is 0.338 e. The number of allylic oxidation sites excluding steroid dienone is 1. The highest BCUT2D eigenvalue weighted by molar-refractivity contribution is 5.92. The topological polar surface area (TPSA) is 91.2 Å². The van der Waals surface area contributed by atoms with Gasteiger partial charge in [0, 0.05) is 5.70 Å². The van der Waals surface area contributed by atoms with Crippen molar-refractivity contribution in [3.8, 4) is 5.75 Å². The molecule has 0 amide bonds. The minimum atomic E-state index is -0.510. The summed E-state index contributed by atoms with van der Waals surface area (Å²) < 4.78 is 12.1. The molecule has 8 nitrogen and oxygen atoms in total. The number of nitrogens with one attached hydrogen (secondary N) is 1. The van der Waals surface area contributed by atoms with E-state index < -0.39 is 12.0 Å². The molecule has 0 saturated heterocycles. The molecule has 3 rings (SSSR count). The number of methoxy groups -OCH3 is 1. The maximum absolute atomic E-state index is 12.6. The zero-order valence-electron chi connectivity index (χ0n) is 13.4. The molecule has 0 fully saturated rings. The van der Waals surface area contributed by atoms with E-state index in [1.807, 2.05) is 24.3 Å². The molecule has 1 aromatic heterocycles. The van der Waals surface area contributed by atoms with E-state index in [1.54, 1.807) is 18.7 Å². The molecule has 0 saturated carbocycles. The monoisotopic (exact) mass is 327 g/mol. The molecule has 8 heteroatoms. The Balaban J connectivity index is 2.10. The molecule has 1 aromatic carbocycles. The number of ether oxygens (including phenoxy) is 2. The number of fused-ring (bicyclic) bond motifs is 1. The van der Waals surface area contributed by atoms with Crippen molar-refractivity contribution < 1.29 is 14.3 Å². The van der Waals surface area contributed by atoms with Crippen molar-refractivity contribution >= 4 is 11.9 Å². The quantitative estimate of drug-likeness (QED) is 0.660. The third-order valence-corrected chi connectivity index (χ3v) is 3.68. The molecule has 1 aliphatic heterocycles. The molecule has 1 aliphatic rings. The zero-order chi connectivity index (χ0) is 17.1. The SMILES string of the molecule is C=CCOC(=O)C1=C(C)Nc2nnnn2[C@@H]1c1cccc(OC)c1. The summed E-state index contributed by atoms with van der Waals surface area (Å²) in [6.07, 6.45) is 1.52. The van der Waals surface area contributed by atoms with Crippen LogP contribution in [0.15, 0.2) is 48.2 Å². The van der Waals surface area contributed by atoms with Gasteiger partial charge in [-0.1, -0.05) is 29.9 Å². The molecule has 0 spiro atoms. The van der Waals surface area contributed by atoms with Crippen molar-refractivity contribution in [1.82, 2.24) is 20.2 Å². The zero-order valence-corrected chi connectivity index (χ0v) is 13.4. The number of aromatic nitrogens is 4. The Hall–Kier alpha value is -3.16. The molecule has 24 heavy (non-hydrogen) atoms. The van der Waals surface area contributed by atoms with E-state index in [4.69, 9.17) is 9.47 Å². The first-order valence-corrected chi connectivity index (χ1v) is 7.33. The molecular formula is C16H17N5O3. The van der Waals surface area contributed by atoms with Crippen LogP contribution in [0.2, 0.25) is 0 Å². The van der Waals surface area contributed by atoms with Crippen LogP contribution >= 0.6 is 0 Å². The molecule has 0 bridgehead atoms. The molecule has 124 valence electrons. The van der Waals surface area contributed by atoms with Crippen LogP contribution in [0.25, 0.3) is 0 Å². The number of esters is 1. The first-order chi connectivity index (χ1) is 11.7. The van der Waals surface area contributed by atoms with Crippen LogP contribution in [-0.2, 0) is 9.53 Å². The highest BCUT2D eigenvalue weighted by Crippen LogP contribution is 2.35. The number of tetrazole rings is 1. The predicted octanol–water partition coefficient (Wildman–Crippen LogP) is 1.70. The lowest BCUT2D eigenvalue weighted by atomic mass is 9.95. The van der Waals surface area contributed by atoms with Crippen LogP contribution in [-0.4, -0.2) is 39.9 Å². The highest BCUT2D eigenvalue weighted by Gasteiger charge is 2.35. The molecule has 0 aliphatic carbocycles. The van der Waals surface area contributed by atoms with E-state index in [-0.39, 0.29) is 6.61 Å². The van der Waals surface area contributed by atoms with Gasteiger partial charge in [0.05, 0.1) is 12.7 Å². The number of nitrogens with zero attached hydrogens (tertiary/aromatic N) is 4. The summed E-state index contributed by atoms with van der Waals surface area (Å²) in [4.78, 5) is 12.6. The fourth-order valence-corrected chi connectivity index (χ4v) is 2.61. The molecule has 1 N–H and O–H groups in total. The summed E-state index contributed by atoms with van der Waals surface area (Å²) in [5.41, 5.74) is 1.89. The Morgan fingerprint density at radius 1 is 1.50 bits per heavy atom. The van der Waals surface area contributed by atoms with Crippen LogP contribution < -0.4 is 10.1 Å². The second-order valence-electron chi connectivity index (χ2n) is 5.18. The predicted molar refractivity (Wildman–Crippen MR) is 86.4 cm³/mol. The molecule has 0 unspecified atom stereocenters. The number of hydrogen-bond acceptors (Lipinski definition) is 7. The summed E-state index contributed by atoms with van der Waals surface area (Å²) in [5.74, 6) is 0.687. The molecule has 0 radical (unpaired) electrons. The lowest BCUT2D eigenvalue weighted by Crippen LogP contribution is -2.29. The van der Waals surface area contributed by atoms with E-state index >= 15 is 0 Å². The van der Waals surface area contributed by atoms with Gasteiger partial charge in [-0.2, -0.15) is 4.68 Å². The second-order valence-corrected chi connectivity index (χ2v) is 5.18. The van der Waals surface area contributed by atoms with Gasteiger partial charge < -0.3 is 14.8 Å². The third kappa shape index (κ3) is 2.73. The van der Waals surface area contributed by atoms with Gasteiger partial charge in [0.1, 0.15) is 18.4 Å². The summed E-state index contributed by atoms with van der Waals surface area (Å²) in [6.45, 7) is 5.48. The van der Waals surface area contributed by atoms with Gasteiger partial charge in [-0.3, -0.25) is 0 Å². The number of rotatable bonds is 5. The van der Waals surface area contributed by atoms with Crippen molar-refractivity contribution in [2.45, 2.75) is 13.0 Å². The highest BCUT2D eigenvalue weighted by atomic mass is 16.5. The molecule has 2 heterocycles. The number of anilines is 1. The minimum Gasteiger partial charge on any atom is -0.497 e. The van der Waals surface area contributed by atoms with Gasteiger partial charge in [0.2, 0.25) is 5.95 Å². The standard InChI is InChI=1S/C16H17N5O3/c1-4-8-24-15(22)13-10(2)17-16-18-19-20-21(16)14(13)11-6-5-7-12(9-11)23-3/h4-7,9,14H,1,8H2,2-3H3,(H,17,18,20)/t14-/m1/s1. The van der Waals surface area contributed by atoms with E-state index in [0.717, 1.165) is 5.56 Å². The van der Waals surface area contributed by atoms with Crippen molar-refractivity contribution in [2.24, 2.45) is 0 Å². The van der Waals surface area contributed by atoms with Crippen molar-refractivity contribution in [2.75, 3.05) is 19.0 Å². The van der Waals surface area contributed by atoms with Gasteiger partial charge in [-0.25, -0.2) is 4.79 Å². The summed E-state index contributed by atoms with van der Waals surface area (Å²) in [5, 5.41) is 14.7. The largest absolute Gasteiger partial charge is 0.497 e. The normalized spacial score (nSPS) is 16.2. The molecule has 1 atom stereocenters. The van der Waals surface area contributed by atoms with E-state index in [1.165, 1.54) is 6.08 Å². The Kier molecular flexibility index (Phi) is 4.28. The van der Waals surface area contributed by atoms with Crippen molar-refractivity contribution in [1.29, 1.82) is 0 Å². The number of hydrogen-bond donors (Lipinski definition) is 1. The average Bonchev–Trinajstić information content (AvgIpc) is 3.06. The number of benzene rings is 1. The lowest BCUT2D eigenvalue weighted by molar-refractivity contribution is -0.138. The Morgan fingerprint density at radius 2 is 2.33 bits per heavy atom. The van der Waals surface area contributed by atoms with Gasteiger partial charge in [0.15, 0.2) is 0 Å². The van der Waals surface area contributed by atoms with Crippen molar-refractivity contribution in [3.05, 3.63) is 53.8 Å². The van der Waals surface area contributed by atoms with E-state index in [9.17, 15) is 4.79 Å². The summed E-state index contributed by atoms with van der Waals surface area (Å²) in [6, 6.07) is 6.90. The van der Waals surface area contributed by atoms with Crippen molar-refractivity contribution in [3.63, 3.8) is 0 Å². The van der Waals surface area contributed by atoms with Gasteiger partial charge in [-0.05, 0) is 35.0 Å². The van der Waals surface area contributed by atoms with Crippen LogP contribution in [0, 0.1) is 0 Å². The van der Waals surface area contributed by atoms with Crippen LogP contribution in [0.4, 0.5) is 5.95 Å². The van der Waals surface area contributed by atoms with E-state index in [0.29, 0.717) is 23.0 Å². The number of carbonyl (C=O) groups excluding carboxylic acids is 1. The third-order valence-electron chi connectivity index (χ3n) is 3.68. The second kappa shape index (κ2) is 6.53. The van der Waals surface area contributed by atoms with Crippen LogP contribution in [0.3, 0.4) is 0 Å². The number of carbonyl (C=O) groups is 1. The lowest BCUT2D eigenvalue weighted by Gasteiger charge is -2.27. The average molecular weight is 327 g/mol. The van der Waals surface area contributed by atoms with Crippen LogP contribution in [0.5, 0.6) is 5.75 Å². The van der Waals surface area contributed by atoms with E-state index in [2.05, 4.69) is 27.4 Å². The summed E-state index contributed by atoms with van der Waals surface area (Å²) in [7, 11) is 1.59. The Bertz CT molecular complexity index is 812.